The first-order valence-electron chi connectivity index (χ1n) is 7.36. The fourth-order valence-corrected chi connectivity index (χ4v) is 2.76. The molecule has 0 aliphatic carbocycles. The summed E-state index contributed by atoms with van der Waals surface area (Å²) in [6.45, 7) is 3.48. The number of pyridine rings is 1. The lowest BCUT2D eigenvalue weighted by molar-refractivity contribution is 0.641. The third-order valence-electron chi connectivity index (χ3n) is 3.97. The van der Waals surface area contributed by atoms with Crippen molar-refractivity contribution in [1.82, 2.24) is 24.8 Å². The maximum Gasteiger partial charge on any atom is 0.177 e. The highest BCUT2D eigenvalue weighted by molar-refractivity contribution is 5.51. The van der Waals surface area contributed by atoms with Gasteiger partial charge in [0.1, 0.15) is 23.9 Å². The fraction of sp³-hybridized carbons (Fsp3) is 0.267. The Labute approximate surface area is 132 Å². The van der Waals surface area contributed by atoms with Crippen LogP contribution in [0.4, 0.5) is 11.5 Å². The summed E-state index contributed by atoms with van der Waals surface area (Å²) in [6, 6.07) is 9.75. The van der Waals surface area contributed by atoms with Crippen molar-refractivity contribution in [2.45, 2.75) is 0 Å². The van der Waals surface area contributed by atoms with Crippen molar-refractivity contribution in [3.05, 3.63) is 42.5 Å². The molecule has 1 aliphatic rings. The van der Waals surface area contributed by atoms with E-state index in [0.717, 1.165) is 43.3 Å². The third kappa shape index (κ3) is 2.53. The minimum atomic E-state index is 0.449. The fourth-order valence-electron chi connectivity index (χ4n) is 2.76. The SMILES string of the molecule is N#Cc1cc(N2CCN(c3ccc4nncn4n3)CC2)ccn1. The van der Waals surface area contributed by atoms with Crippen molar-refractivity contribution in [3.8, 4) is 6.07 Å². The maximum absolute atomic E-state index is 8.96. The summed E-state index contributed by atoms with van der Waals surface area (Å²) < 4.78 is 1.68. The highest BCUT2D eigenvalue weighted by atomic mass is 15.4. The highest BCUT2D eigenvalue weighted by Gasteiger charge is 2.19. The Bertz CT molecular complexity index is 872. The number of hydrogen-bond acceptors (Lipinski definition) is 7. The molecule has 0 bridgehead atoms. The van der Waals surface area contributed by atoms with Crippen LogP contribution in [0.25, 0.3) is 5.65 Å². The Balaban J connectivity index is 1.49. The first-order chi connectivity index (χ1) is 11.3. The van der Waals surface area contributed by atoms with Crippen LogP contribution in [0.15, 0.2) is 36.8 Å². The maximum atomic E-state index is 8.96. The van der Waals surface area contributed by atoms with E-state index in [4.69, 9.17) is 5.26 Å². The molecule has 0 aromatic carbocycles. The lowest BCUT2D eigenvalue weighted by Gasteiger charge is -2.36. The molecule has 0 N–H and O–H groups in total. The van der Waals surface area contributed by atoms with Crippen LogP contribution < -0.4 is 9.80 Å². The number of anilines is 2. The van der Waals surface area contributed by atoms with Crippen LogP contribution in [0.1, 0.15) is 5.69 Å². The molecule has 8 nitrogen and oxygen atoms in total. The van der Waals surface area contributed by atoms with Gasteiger partial charge in [0.2, 0.25) is 0 Å². The van der Waals surface area contributed by atoms with Crippen molar-refractivity contribution in [1.29, 1.82) is 5.26 Å². The van der Waals surface area contributed by atoms with Crippen molar-refractivity contribution in [2.24, 2.45) is 0 Å². The number of aromatic nitrogens is 5. The Morgan fingerprint density at radius 1 is 1.04 bits per heavy atom. The second-order valence-corrected chi connectivity index (χ2v) is 5.31. The molecule has 0 unspecified atom stereocenters. The molecule has 0 radical (unpaired) electrons. The highest BCUT2D eigenvalue weighted by Crippen LogP contribution is 2.19. The summed E-state index contributed by atoms with van der Waals surface area (Å²) in [7, 11) is 0. The molecule has 1 fully saturated rings. The average molecular weight is 306 g/mol. The van der Waals surface area contributed by atoms with Gasteiger partial charge in [-0.05, 0) is 24.3 Å². The normalized spacial score (nSPS) is 14.9. The Kier molecular flexibility index (Phi) is 3.24. The lowest BCUT2D eigenvalue weighted by Crippen LogP contribution is -2.47. The van der Waals surface area contributed by atoms with Crippen molar-refractivity contribution in [3.63, 3.8) is 0 Å². The van der Waals surface area contributed by atoms with E-state index in [1.165, 1.54) is 0 Å². The van der Waals surface area contributed by atoms with Crippen molar-refractivity contribution >= 4 is 17.2 Å². The molecule has 0 atom stereocenters. The number of hydrogen-bond donors (Lipinski definition) is 0. The molecular weight excluding hydrogens is 292 g/mol. The molecule has 1 aliphatic heterocycles. The van der Waals surface area contributed by atoms with Gasteiger partial charge in [-0.3, -0.25) is 0 Å². The van der Waals surface area contributed by atoms with Gasteiger partial charge in [0.25, 0.3) is 0 Å². The van der Waals surface area contributed by atoms with Gasteiger partial charge in [0, 0.05) is 38.1 Å². The van der Waals surface area contributed by atoms with E-state index >= 15 is 0 Å². The van der Waals surface area contributed by atoms with Crippen LogP contribution in [-0.4, -0.2) is 51.0 Å². The predicted molar refractivity (Wildman–Crippen MR) is 84.2 cm³/mol. The summed E-state index contributed by atoms with van der Waals surface area (Å²) in [5.74, 6) is 0.921. The number of nitrogens with zero attached hydrogens (tertiary/aromatic N) is 8. The van der Waals surface area contributed by atoms with Crippen molar-refractivity contribution in [2.75, 3.05) is 36.0 Å². The second-order valence-electron chi connectivity index (χ2n) is 5.31. The number of rotatable bonds is 2. The molecule has 114 valence electrons. The average Bonchev–Trinajstić information content (AvgIpc) is 3.09. The molecular formula is C15H14N8. The zero-order valence-corrected chi connectivity index (χ0v) is 12.4. The molecule has 0 saturated carbocycles. The minimum absolute atomic E-state index is 0.449. The molecule has 23 heavy (non-hydrogen) atoms. The molecule has 3 aromatic rings. The summed E-state index contributed by atoms with van der Waals surface area (Å²) in [4.78, 5) is 8.51. The lowest BCUT2D eigenvalue weighted by atomic mass is 10.2. The van der Waals surface area contributed by atoms with E-state index in [1.807, 2.05) is 24.3 Å². The minimum Gasteiger partial charge on any atom is -0.368 e. The van der Waals surface area contributed by atoms with Crippen LogP contribution in [0.5, 0.6) is 0 Å². The quantitative estimate of drug-likeness (QED) is 0.689. The largest absolute Gasteiger partial charge is 0.368 e. The number of fused-ring (bicyclic) bond motifs is 1. The molecule has 0 spiro atoms. The summed E-state index contributed by atoms with van der Waals surface area (Å²) in [5.41, 5.74) is 2.23. The molecule has 8 heteroatoms. The van der Waals surface area contributed by atoms with Gasteiger partial charge in [-0.1, -0.05) is 0 Å². The number of nitriles is 1. The van der Waals surface area contributed by atoms with Crippen LogP contribution in [0.3, 0.4) is 0 Å². The van der Waals surface area contributed by atoms with Gasteiger partial charge in [0.15, 0.2) is 5.65 Å². The van der Waals surface area contributed by atoms with Gasteiger partial charge in [-0.25, -0.2) is 4.98 Å². The van der Waals surface area contributed by atoms with Crippen molar-refractivity contribution < 1.29 is 0 Å². The molecule has 1 saturated heterocycles. The first-order valence-corrected chi connectivity index (χ1v) is 7.36. The second kappa shape index (κ2) is 5.53. The third-order valence-corrected chi connectivity index (χ3v) is 3.97. The van der Waals surface area contributed by atoms with Gasteiger partial charge in [-0.15, -0.1) is 15.3 Å². The van der Waals surface area contributed by atoms with E-state index < -0.39 is 0 Å². The topological polar surface area (TPSA) is 86.2 Å². The zero-order valence-electron chi connectivity index (χ0n) is 12.4. The summed E-state index contributed by atoms with van der Waals surface area (Å²) in [5, 5.41) is 21.3. The zero-order chi connectivity index (χ0) is 15.6. The smallest absolute Gasteiger partial charge is 0.177 e. The molecule has 3 aromatic heterocycles. The summed E-state index contributed by atoms with van der Waals surface area (Å²) in [6.07, 6.45) is 3.29. The van der Waals surface area contributed by atoms with E-state index in [1.54, 1.807) is 17.0 Å². The summed E-state index contributed by atoms with van der Waals surface area (Å²) >= 11 is 0. The number of piperazine rings is 1. The van der Waals surface area contributed by atoms with Gasteiger partial charge in [-0.2, -0.15) is 9.78 Å². The van der Waals surface area contributed by atoms with Gasteiger partial charge in [0.05, 0.1) is 0 Å². The van der Waals surface area contributed by atoms with Crippen LogP contribution in [0, 0.1) is 11.3 Å². The van der Waals surface area contributed by atoms with E-state index in [9.17, 15) is 0 Å². The Hall–Kier alpha value is -3.21. The monoisotopic (exact) mass is 306 g/mol. The molecule has 0 amide bonds. The van der Waals surface area contributed by atoms with E-state index in [-0.39, 0.29) is 0 Å². The first kappa shape index (κ1) is 13.5. The van der Waals surface area contributed by atoms with E-state index in [2.05, 4.69) is 36.1 Å². The van der Waals surface area contributed by atoms with Gasteiger partial charge < -0.3 is 9.80 Å². The van der Waals surface area contributed by atoms with Crippen LogP contribution in [-0.2, 0) is 0 Å². The van der Waals surface area contributed by atoms with E-state index in [0.29, 0.717) is 5.69 Å². The standard InChI is InChI=1S/C15H14N8/c16-10-12-9-13(3-4-17-12)21-5-7-22(8-6-21)15-2-1-14-19-18-11-23(14)20-15/h1-4,9,11H,5-8H2. The molecule has 4 heterocycles. The molecule has 4 rings (SSSR count). The Morgan fingerprint density at radius 3 is 2.70 bits per heavy atom. The Morgan fingerprint density at radius 2 is 1.87 bits per heavy atom. The van der Waals surface area contributed by atoms with Crippen LogP contribution in [0.2, 0.25) is 0 Å². The van der Waals surface area contributed by atoms with Gasteiger partial charge >= 0.3 is 0 Å². The van der Waals surface area contributed by atoms with Crippen LogP contribution >= 0.6 is 0 Å². The predicted octanol–water partition coefficient (Wildman–Crippen LogP) is 0.718.